The van der Waals surface area contributed by atoms with Gasteiger partial charge in [0.1, 0.15) is 12.4 Å². The molecule has 0 aliphatic carbocycles. The lowest BCUT2D eigenvalue weighted by Gasteiger charge is -2.39. The Labute approximate surface area is 173 Å². The summed E-state index contributed by atoms with van der Waals surface area (Å²) in [5.41, 5.74) is 3.65. The molecule has 3 nitrogen and oxygen atoms in total. The van der Waals surface area contributed by atoms with Gasteiger partial charge in [-0.2, -0.15) is 0 Å². The molecular formula is C26H29NO2. The third-order valence-corrected chi connectivity index (χ3v) is 6.00. The van der Waals surface area contributed by atoms with Gasteiger partial charge in [-0.05, 0) is 48.7 Å². The van der Waals surface area contributed by atoms with Crippen LogP contribution in [0.1, 0.15) is 42.0 Å². The summed E-state index contributed by atoms with van der Waals surface area (Å²) in [4.78, 5) is 2.38. The van der Waals surface area contributed by atoms with Crippen LogP contribution >= 0.6 is 0 Å². The van der Waals surface area contributed by atoms with Gasteiger partial charge in [0.05, 0.1) is 6.10 Å². The number of rotatable bonds is 6. The molecule has 0 aromatic heterocycles. The van der Waals surface area contributed by atoms with E-state index in [9.17, 15) is 5.11 Å². The number of aliphatic hydroxyl groups is 1. The van der Waals surface area contributed by atoms with Gasteiger partial charge in [-0.3, -0.25) is 4.90 Å². The number of hydrogen-bond acceptors (Lipinski definition) is 3. The van der Waals surface area contributed by atoms with E-state index in [1.54, 1.807) is 0 Å². The van der Waals surface area contributed by atoms with Crippen LogP contribution in [0.25, 0.3) is 0 Å². The van der Waals surface area contributed by atoms with Gasteiger partial charge in [0, 0.05) is 18.5 Å². The SMILES string of the molecule is C[C@H](c1ccccc1)N1CCC(c2ccc(OCc3ccccc3)cc2)[C@H](O)C1. The largest absolute Gasteiger partial charge is 0.489 e. The van der Waals surface area contributed by atoms with Gasteiger partial charge in [0.15, 0.2) is 0 Å². The van der Waals surface area contributed by atoms with Crippen LogP contribution in [0.15, 0.2) is 84.9 Å². The minimum atomic E-state index is -0.356. The summed E-state index contributed by atoms with van der Waals surface area (Å²) >= 11 is 0. The first-order valence-electron chi connectivity index (χ1n) is 10.4. The van der Waals surface area contributed by atoms with Crippen molar-refractivity contribution >= 4 is 0 Å². The number of benzene rings is 3. The average Bonchev–Trinajstić information content (AvgIpc) is 2.79. The Hall–Kier alpha value is -2.62. The molecule has 3 heteroatoms. The second kappa shape index (κ2) is 9.25. The molecule has 3 aromatic rings. The van der Waals surface area contributed by atoms with Crippen molar-refractivity contribution in [2.75, 3.05) is 13.1 Å². The Morgan fingerprint density at radius 2 is 1.59 bits per heavy atom. The molecule has 1 aliphatic rings. The quantitative estimate of drug-likeness (QED) is 0.633. The number of hydrogen-bond donors (Lipinski definition) is 1. The molecule has 1 aliphatic heterocycles. The maximum atomic E-state index is 10.8. The molecule has 0 radical (unpaired) electrons. The van der Waals surface area contributed by atoms with E-state index < -0.39 is 0 Å². The van der Waals surface area contributed by atoms with Crippen LogP contribution in [0.4, 0.5) is 0 Å². The monoisotopic (exact) mass is 387 g/mol. The van der Waals surface area contributed by atoms with Crippen LogP contribution in [0.2, 0.25) is 0 Å². The first-order valence-corrected chi connectivity index (χ1v) is 10.4. The van der Waals surface area contributed by atoms with Gasteiger partial charge in [0.25, 0.3) is 0 Å². The van der Waals surface area contributed by atoms with Crippen molar-refractivity contribution in [3.63, 3.8) is 0 Å². The average molecular weight is 388 g/mol. The molecule has 0 amide bonds. The normalized spacial score (nSPS) is 20.9. The predicted octanol–water partition coefficient (Wildman–Crippen LogP) is 5.18. The molecule has 3 aromatic carbocycles. The molecule has 1 heterocycles. The zero-order chi connectivity index (χ0) is 20.1. The number of aliphatic hydroxyl groups excluding tert-OH is 1. The van der Waals surface area contributed by atoms with E-state index in [1.807, 2.05) is 36.4 Å². The highest BCUT2D eigenvalue weighted by atomic mass is 16.5. The van der Waals surface area contributed by atoms with Crippen LogP contribution in [-0.2, 0) is 6.61 Å². The fraction of sp³-hybridized carbons (Fsp3) is 0.308. The van der Waals surface area contributed by atoms with Crippen LogP contribution in [0, 0.1) is 0 Å². The zero-order valence-corrected chi connectivity index (χ0v) is 16.9. The summed E-state index contributed by atoms with van der Waals surface area (Å²) in [5, 5.41) is 10.8. The Morgan fingerprint density at radius 1 is 0.931 bits per heavy atom. The maximum Gasteiger partial charge on any atom is 0.119 e. The fourth-order valence-electron chi connectivity index (χ4n) is 4.19. The van der Waals surface area contributed by atoms with E-state index in [-0.39, 0.29) is 12.0 Å². The number of β-amino-alcohol motifs (C(OH)–C–C–N with tert-alkyl or cyclic N) is 1. The van der Waals surface area contributed by atoms with Crippen LogP contribution in [-0.4, -0.2) is 29.2 Å². The summed E-state index contributed by atoms with van der Waals surface area (Å²) < 4.78 is 5.89. The van der Waals surface area contributed by atoms with Gasteiger partial charge in [-0.25, -0.2) is 0 Å². The van der Waals surface area contributed by atoms with Crippen molar-refractivity contribution in [3.05, 3.63) is 102 Å². The molecule has 3 atom stereocenters. The number of piperidine rings is 1. The Morgan fingerprint density at radius 3 is 2.24 bits per heavy atom. The molecule has 0 spiro atoms. The standard InChI is InChI=1S/C26H29NO2/c1-20(22-10-6-3-7-11-22)27-17-16-25(26(28)18-27)23-12-14-24(15-13-23)29-19-21-8-4-2-5-9-21/h2-15,20,25-26,28H,16-19H2,1H3/t20-,25?,26-/m1/s1. The number of ether oxygens (including phenoxy) is 1. The molecule has 4 rings (SSSR count). The topological polar surface area (TPSA) is 32.7 Å². The molecule has 29 heavy (non-hydrogen) atoms. The summed E-state index contributed by atoms with van der Waals surface area (Å²) in [6.45, 7) is 4.48. The predicted molar refractivity (Wildman–Crippen MR) is 117 cm³/mol. The van der Waals surface area contributed by atoms with Crippen LogP contribution in [0.5, 0.6) is 5.75 Å². The second-order valence-electron chi connectivity index (χ2n) is 7.89. The highest BCUT2D eigenvalue weighted by Crippen LogP contribution is 2.33. The van der Waals surface area contributed by atoms with Crippen LogP contribution < -0.4 is 4.74 Å². The molecule has 1 saturated heterocycles. The van der Waals surface area contributed by atoms with E-state index in [2.05, 4.69) is 60.4 Å². The minimum Gasteiger partial charge on any atom is -0.489 e. The van der Waals surface area contributed by atoms with Crippen molar-refractivity contribution in [2.45, 2.75) is 38.0 Å². The Balaban J connectivity index is 1.34. The smallest absolute Gasteiger partial charge is 0.119 e. The van der Waals surface area contributed by atoms with E-state index >= 15 is 0 Å². The molecule has 150 valence electrons. The first-order chi connectivity index (χ1) is 14.2. The molecule has 0 bridgehead atoms. The lowest BCUT2D eigenvalue weighted by Crippen LogP contribution is -2.43. The van der Waals surface area contributed by atoms with E-state index in [4.69, 9.17) is 4.74 Å². The molecular weight excluding hydrogens is 358 g/mol. The van der Waals surface area contributed by atoms with Gasteiger partial charge in [-0.1, -0.05) is 72.8 Å². The van der Waals surface area contributed by atoms with Gasteiger partial charge in [-0.15, -0.1) is 0 Å². The highest BCUT2D eigenvalue weighted by molar-refractivity contribution is 5.31. The first kappa shape index (κ1) is 19.7. The van der Waals surface area contributed by atoms with Crippen molar-refractivity contribution in [2.24, 2.45) is 0 Å². The van der Waals surface area contributed by atoms with Crippen molar-refractivity contribution in [1.29, 1.82) is 0 Å². The third-order valence-electron chi connectivity index (χ3n) is 6.00. The molecule has 1 fully saturated rings. The fourth-order valence-corrected chi connectivity index (χ4v) is 4.19. The van der Waals surface area contributed by atoms with E-state index in [0.717, 1.165) is 24.3 Å². The van der Waals surface area contributed by atoms with E-state index in [1.165, 1.54) is 11.1 Å². The summed E-state index contributed by atoms with van der Waals surface area (Å²) in [6, 6.07) is 29.3. The highest BCUT2D eigenvalue weighted by Gasteiger charge is 2.31. The minimum absolute atomic E-state index is 0.178. The van der Waals surface area contributed by atoms with Crippen LogP contribution in [0.3, 0.4) is 0 Å². The summed E-state index contributed by atoms with van der Waals surface area (Å²) in [6.07, 6.45) is 0.605. The summed E-state index contributed by atoms with van der Waals surface area (Å²) in [7, 11) is 0. The Kier molecular flexibility index (Phi) is 6.28. The lowest BCUT2D eigenvalue weighted by atomic mass is 9.86. The molecule has 0 saturated carbocycles. The zero-order valence-electron chi connectivity index (χ0n) is 16.9. The number of nitrogens with zero attached hydrogens (tertiary/aromatic N) is 1. The van der Waals surface area contributed by atoms with Crippen molar-refractivity contribution in [3.8, 4) is 5.75 Å². The van der Waals surface area contributed by atoms with Crippen molar-refractivity contribution < 1.29 is 9.84 Å². The lowest BCUT2D eigenvalue weighted by molar-refractivity contribution is 0.0329. The van der Waals surface area contributed by atoms with Crippen molar-refractivity contribution in [1.82, 2.24) is 4.90 Å². The second-order valence-corrected chi connectivity index (χ2v) is 7.89. The van der Waals surface area contributed by atoms with E-state index in [0.29, 0.717) is 19.2 Å². The third kappa shape index (κ3) is 4.87. The Bertz CT molecular complexity index is 880. The van der Waals surface area contributed by atoms with Gasteiger partial charge >= 0.3 is 0 Å². The molecule has 1 N–H and O–H groups in total. The van der Waals surface area contributed by atoms with Gasteiger partial charge in [0.2, 0.25) is 0 Å². The van der Waals surface area contributed by atoms with Gasteiger partial charge < -0.3 is 9.84 Å². The maximum absolute atomic E-state index is 10.8. The molecule has 1 unspecified atom stereocenters. The summed E-state index contributed by atoms with van der Waals surface area (Å²) in [5.74, 6) is 1.04. The number of likely N-dealkylation sites (tertiary alicyclic amines) is 1.